The number of carbonyl (C=O) groups is 1. The molecule has 0 spiro atoms. The topological polar surface area (TPSA) is 44.1 Å². The van der Waals surface area contributed by atoms with E-state index in [0.29, 0.717) is 18.5 Å². The number of rotatable bonds is 5. The van der Waals surface area contributed by atoms with E-state index < -0.39 is 0 Å². The lowest BCUT2D eigenvalue weighted by Gasteiger charge is -2.22. The molecule has 1 rings (SSSR count). The van der Waals surface area contributed by atoms with Gasteiger partial charge in [0.2, 0.25) is 0 Å². The summed E-state index contributed by atoms with van der Waals surface area (Å²) in [5, 5.41) is 3.97. The highest BCUT2D eigenvalue weighted by Crippen LogP contribution is 2.17. The van der Waals surface area contributed by atoms with E-state index in [1.54, 1.807) is 31.1 Å². The maximum Gasteiger partial charge on any atom is 0.180 e. The van der Waals surface area contributed by atoms with Crippen molar-refractivity contribution in [1.82, 2.24) is 9.78 Å². The summed E-state index contributed by atoms with van der Waals surface area (Å²) in [6.07, 6.45) is 2.84. The number of ketones is 1. The first-order valence-electron chi connectivity index (χ1n) is 5.02. The standard InChI is InChI=1S/C11H18N2O2/c1-11(2,15-4)7-5-10(14)9-6-8-12-13(9)3/h6,8H,5,7H2,1-4H3. The lowest BCUT2D eigenvalue weighted by atomic mass is 10.00. The van der Waals surface area contributed by atoms with Gasteiger partial charge in [-0.1, -0.05) is 0 Å². The quantitative estimate of drug-likeness (QED) is 0.696. The summed E-state index contributed by atoms with van der Waals surface area (Å²) < 4.78 is 6.86. The van der Waals surface area contributed by atoms with Crippen molar-refractivity contribution in [1.29, 1.82) is 0 Å². The van der Waals surface area contributed by atoms with Crippen LogP contribution in [0.15, 0.2) is 12.3 Å². The second kappa shape index (κ2) is 4.57. The Hall–Kier alpha value is -1.16. The first kappa shape index (κ1) is 11.9. The molecule has 0 amide bonds. The Morgan fingerprint density at radius 2 is 2.27 bits per heavy atom. The van der Waals surface area contributed by atoms with E-state index in [1.165, 1.54) is 0 Å². The van der Waals surface area contributed by atoms with Gasteiger partial charge < -0.3 is 4.74 Å². The van der Waals surface area contributed by atoms with Crippen LogP contribution in [0.2, 0.25) is 0 Å². The van der Waals surface area contributed by atoms with Crippen LogP contribution in [0.1, 0.15) is 37.2 Å². The molecule has 0 saturated carbocycles. The maximum atomic E-state index is 11.8. The fourth-order valence-corrected chi connectivity index (χ4v) is 1.29. The number of methoxy groups -OCH3 is 1. The molecule has 0 aliphatic carbocycles. The van der Waals surface area contributed by atoms with Crippen LogP contribution in [0, 0.1) is 0 Å². The third-order valence-corrected chi connectivity index (χ3v) is 2.61. The van der Waals surface area contributed by atoms with Crippen LogP contribution in [-0.2, 0) is 11.8 Å². The van der Waals surface area contributed by atoms with Crippen LogP contribution in [0.25, 0.3) is 0 Å². The molecule has 1 aromatic heterocycles. The zero-order chi connectivity index (χ0) is 11.5. The van der Waals surface area contributed by atoms with Gasteiger partial charge in [0, 0.05) is 26.8 Å². The summed E-state index contributed by atoms with van der Waals surface area (Å²) in [7, 11) is 3.43. The molecule has 1 aromatic rings. The molecule has 0 fully saturated rings. The summed E-state index contributed by atoms with van der Waals surface area (Å²) in [4.78, 5) is 11.8. The summed E-state index contributed by atoms with van der Waals surface area (Å²) in [6, 6.07) is 1.74. The number of hydrogen-bond acceptors (Lipinski definition) is 3. The normalized spacial score (nSPS) is 11.7. The second-order valence-corrected chi connectivity index (χ2v) is 4.23. The second-order valence-electron chi connectivity index (χ2n) is 4.23. The van der Waals surface area contributed by atoms with Crippen LogP contribution in [-0.4, -0.2) is 28.3 Å². The van der Waals surface area contributed by atoms with E-state index >= 15 is 0 Å². The van der Waals surface area contributed by atoms with Gasteiger partial charge in [0.05, 0.1) is 5.60 Å². The number of ether oxygens (including phenoxy) is 1. The Bertz CT molecular complexity index is 342. The average Bonchev–Trinajstić information content (AvgIpc) is 2.61. The summed E-state index contributed by atoms with van der Waals surface area (Å²) in [5.74, 6) is 0.111. The van der Waals surface area contributed by atoms with Gasteiger partial charge in [-0.05, 0) is 26.3 Å². The van der Waals surface area contributed by atoms with E-state index in [4.69, 9.17) is 4.74 Å². The smallest absolute Gasteiger partial charge is 0.180 e. The molecule has 0 bridgehead atoms. The number of hydrogen-bond donors (Lipinski definition) is 0. The molecule has 4 nitrogen and oxygen atoms in total. The van der Waals surface area contributed by atoms with Gasteiger partial charge in [0.25, 0.3) is 0 Å². The first-order valence-corrected chi connectivity index (χ1v) is 5.02. The van der Waals surface area contributed by atoms with Crippen LogP contribution in [0.3, 0.4) is 0 Å². The largest absolute Gasteiger partial charge is 0.379 e. The molecule has 0 aliphatic rings. The van der Waals surface area contributed by atoms with E-state index in [2.05, 4.69) is 5.10 Å². The molecule has 1 heterocycles. The fraction of sp³-hybridized carbons (Fsp3) is 0.636. The minimum atomic E-state index is -0.242. The Labute approximate surface area is 90.2 Å². The molecule has 0 unspecified atom stereocenters. The highest BCUT2D eigenvalue weighted by atomic mass is 16.5. The van der Waals surface area contributed by atoms with E-state index in [9.17, 15) is 4.79 Å². The van der Waals surface area contributed by atoms with Crippen molar-refractivity contribution in [3.8, 4) is 0 Å². The van der Waals surface area contributed by atoms with Crippen molar-refractivity contribution in [3.63, 3.8) is 0 Å². The van der Waals surface area contributed by atoms with E-state index in [0.717, 1.165) is 0 Å². The third-order valence-electron chi connectivity index (χ3n) is 2.61. The SMILES string of the molecule is COC(C)(C)CCC(=O)c1ccnn1C. The van der Waals surface area contributed by atoms with Crippen molar-refractivity contribution in [2.24, 2.45) is 7.05 Å². The van der Waals surface area contributed by atoms with E-state index in [1.807, 2.05) is 13.8 Å². The van der Waals surface area contributed by atoms with Crippen molar-refractivity contribution in [3.05, 3.63) is 18.0 Å². The number of carbonyl (C=O) groups excluding carboxylic acids is 1. The monoisotopic (exact) mass is 210 g/mol. The Morgan fingerprint density at radius 3 is 2.73 bits per heavy atom. The zero-order valence-electron chi connectivity index (χ0n) is 9.78. The Morgan fingerprint density at radius 1 is 1.60 bits per heavy atom. The van der Waals surface area contributed by atoms with Crippen LogP contribution in [0.5, 0.6) is 0 Å². The molecule has 15 heavy (non-hydrogen) atoms. The highest BCUT2D eigenvalue weighted by molar-refractivity contribution is 5.94. The van der Waals surface area contributed by atoms with Crippen molar-refractivity contribution < 1.29 is 9.53 Å². The molecular weight excluding hydrogens is 192 g/mol. The molecule has 0 atom stereocenters. The first-order chi connectivity index (χ1) is 6.96. The average molecular weight is 210 g/mol. The van der Waals surface area contributed by atoms with Gasteiger partial charge in [-0.3, -0.25) is 9.48 Å². The fourth-order valence-electron chi connectivity index (χ4n) is 1.29. The number of Topliss-reactive ketones (excluding diaryl/α,β-unsaturated/α-hetero) is 1. The number of aromatic nitrogens is 2. The van der Waals surface area contributed by atoms with Crippen LogP contribution >= 0.6 is 0 Å². The highest BCUT2D eigenvalue weighted by Gasteiger charge is 2.19. The van der Waals surface area contributed by atoms with Crippen LogP contribution < -0.4 is 0 Å². The molecule has 4 heteroatoms. The zero-order valence-corrected chi connectivity index (χ0v) is 9.78. The Kier molecular flexibility index (Phi) is 3.63. The maximum absolute atomic E-state index is 11.8. The molecule has 84 valence electrons. The van der Waals surface area contributed by atoms with Crippen LogP contribution in [0.4, 0.5) is 0 Å². The summed E-state index contributed by atoms with van der Waals surface area (Å²) >= 11 is 0. The van der Waals surface area contributed by atoms with Gasteiger partial charge >= 0.3 is 0 Å². The number of aryl methyl sites for hydroxylation is 1. The van der Waals surface area contributed by atoms with Crippen molar-refractivity contribution in [2.45, 2.75) is 32.3 Å². The molecule has 0 N–H and O–H groups in total. The van der Waals surface area contributed by atoms with Gasteiger partial charge in [0.1, 0.15) is 5.69 Å². The van der Waals surface area contributed by atoms with Gasteiger partial charge in [0.15, 0.2) is 5.78 Å². The predicted molar refractivity (Wildman–Crippen MR) is 57.9 cm³/mol. The third kappa shape index (κ3) is 3.16. The minimum Gasteiger partial charge on any atom is -0.379 e. The van der Waals surface area contributed by atoms with Gasteiger partial charge in [-0.25, -0.2) is 0 Å². The lowest BCUT2D eigenvalue weighted by Crippen LogP contribution is -2.23. The summed E-state index contributed by atoms with van der Waals surface area (Å²) in [5.41, 5.74) is 0.413. The van der Waals surface area contributed by atoms with Gasteiger partial charge in [-0.2, -0.15) is 5.10 Å². The van der Waals surface area contributed by atoms with Crippen molar-refractivity contribution in [2.75, 3.05) is 7.11 Å². The molecule has 0 aromatic carbocycles. The summed E-state index contributed by atoms with van der Waals surface area (Å²) in [6.45, 7) is 3.95. The van der Waals surface area contributed by atoms with Crippen molar-refractivity contribution >= 4 is 5.78 Å². The van der Waals surface area contributed by atoms with E-state index in [-0.39, 0.29) is 11.4 Å². The lowest BCUT2D eigenvalue weighted by molar-refractivity contribution is 0.0141. The predicted octanol–water partition coefficient (Wildman–Crippen LogP) is 1.81. The molecular formula is C11H18N2O2. The molecule has 0 radical (unpaired) electrons. The van der Waals surface area contributed by atoms with Gasteiger partial charge in [-0.15, -0.1) is 0 Å². The molecule has 0 saturated heterocycles. The number of nitrogens with zero attached hydrogens (tertiary/aromatic N) is 2. The minimum absolute atomic E-state index is 0.111. The molecule has 0 aliphatic heterocycles. The Balaban J connectivity index is 2.55.